The van der Waals surface area contributed by atoms with E-state index in [0.29, 0.717) is 23.4 Å². The highest BCUT2D eigenvalue weighted by Gasteiger charge is 2.55. The van der Waals surface area contributed by atoms with Crippen LogP contribution in [0.1, 0.15) is 49.5 Å². The molecule has 2 aliphatic heterocycles. The molecule has 0 radical (unpaired) electrons. The Morgan fingerprint density at radius 3 is 2.28 bits per heavy atom. The number of aliphatic carboxylic acids is 1. The number of nitrogens with one attached hydrogen (secondary N) is 1. The van der Waals surface area contributed by atoms with E-state index in [2.05, 4.69) is 26.1 Å². The molecule has 0 aliphatic carbocycles. The number of benzene rings is 1. The van der Waals surface area contributed by atoms with Crippen LogP contribution in [0.5, 0.6) is 0 Å². The number of fused-ring (bicyclic) bond motifs is 2. The molecule has 32 heavy (non-hydrogen) atoms. The molecule has 170 valence electrons. The number of amides is 1. The number of carboxylic acids is 1. The normalized spacial score (nSPS) is 24.4. The Morgan fingerprint density at radius 2 is 1.72 bits per heavy atom. The van der Waals surface area contributed by atoms with Crippen LogP contribution < -0.4 is 5.32 Å². The summed E-state index contributed by atoms with van der Waals surface area (Å²) in [6.07, 6.45) is 0.458. The molecular weight excluding hydrogens is 430 g/mol. The molecule has 1 amide bonds. The molecule has 0 spiro atoms. The first-order chi connectivity index (χ1) is 15.1. The van der Waals surface area contributed by atoms with Crippen molar-refractivity contribution in [2.45, 2.75) is 51.2 Å². The third-order valence-electron chi connectivity index (χ3n) is 6.34. The van der Waals surface area contributed by atoms with Crippen molar-refractivity contribution >= 4 is 34.2 Å². The Hall–Kier alpha value is -2.71. The maximum Gasteiger partial charge on any atom is 0.341 e. The molecule has 0 saturated carbocycles. The van der Waals surface area contributed by atoms with Gasteiger partial charge in [0.2, 0.25) is 5.91 Å². The average Bonchev–Trinajstić information content (AvgIpc) is 3.47. The molecule has 2 aliphatic rings. The molecule has 3 heterocycles. The number of rotatable bonds is 5. The number of carboxylic acid groups (broad SMARTS) is 1. The van der Waals surface area contributed by atoms with Crippen LogP contribution in [0.15, 0.2) is 29.6 Å². The zero-order valence-electron chi connectivity index (χ0n) is 18.5. The highest BCUT2D eigenvalue weighted by Crippen LogP contribution is 2.45. The summed E-state index contributed by atoms with van der Waals surface area (Å²) in [5.41, 5.74) is 2.94. The van der Waals surface area contributed by atoms with E-state index in [1.165, 1.54) is 24.0 Å². The highest BCUT2D eigenvalue weighted by molar-refractivity contribution is 7.15. The predicted octanol–water partition coefficient (Wildman–Crippen LogP) is 4.32. The Kier molecular flexibility index (Phi) is 5.85. The van der Waals surface area contributed by atoms with Crippen LogP contribution in [-0.2, 0) is 24.5 Å². The number of thiophene rings is 1. The third kappa shape index (κ3) is 3.93. The van der Waals surface area contributed by atoms with Gasteiger partial charge in [-0.1, -0.05) is 45.0 Å². The standard InChI is InChI=1S/C24H27NO6S/c1-24(2,3)13-7-5-12(6-8-13)14-11-32-21(17(14)23(29)30-4)25-20(26)18-15-9-10-16(31-15)19(18)22(27)28/h5-8,11,15-16,18-19H,9-10H2,1-4H3,(H,25,26)(H,27,28)/t15-,16-,18-,19+/m1/s1. The average molecular weight is 458 g/mol. The van der Waals surface area contributed by atoms with Crippen LogP contribution in [0.4, 0.5) is 5.00 Å². The van der Waals surface area contributed by atoms with Gasteiger partial charge in [-0.25, -0.2) is 4.79 Å². The van der Waals surface area contributed by atoms with Crippen molar-refractivity contribution < 1.29 is 29.0 Å². The monoisotopic (exact) mass is 457 g/mol. The second kappa shape index (κ2) is 8.33. The second-order valence-corrected chi connectivity index (χ2v) is 10.2. The van der Waals surface area contributed by atoms with E-state index in [1.807, 2.05) is 24.3 Å². The minimum absolute atomic E-state index is 0.000902. The van der Waals surface area contributed by atoms with Gasteiger partial charge in [0, 0.05) is 10.9 Å². The van der Waals surface area contributed by atoms with Gasteiger partial charge < -0.3 is 19.9 Å². The van der Waals surface area contributed by atoms with Gasteiger partial charge in [-0.15, -0.1) is 11.3 Å². The van der Waals surface area contributed by atoms with Gasteiger partial charge in [0.05, 0.1) is 31.2 Å². The summed E-state index contributed by atoms with van der Waals surface area (Å²) in [5, 5.41) is 14.6. The quantitative estimate of drug-likeness (QED) is 0.649. The van der Waals surface area contributed by atoms with Crippen molar-refractivity contribution in [3.8, 4) is 11.1 Å². The lowest BCUT2D eigenvalue weighted by Crippen LogP contribution is -2.41. The van der Waals surface area contributed by atoms with Crippen molar-refractivity contribution in [1.29, 1.82) is 0 Å². The largest absolute Gasteiger partial charge is 0.481 e. The number of carbonyl (C=O) groups excluding carboxylic acids is 2. The smallest absolute Gasteiger partial charge is 0.341 e. The summed E-state index contributed by atoms with van der Waals surface area (Å²) in [6, 6.07) is 7.95. The molecule has 1 aromatic heterocycles. The number of ether oxygens (including phenoxy) is 2. The van der Waals surface area contributed by atoms with Crippen LogP contribution in [0.25, 0.3) is 11.1 Å². The zero-order chi connectivity index (χ0) is 23.2. The lowest BCUT2D eigenvalue weighted by Gasteiger charge is -2.23. The Balaban J connectivity index is 1.64. The molecule has 2 aromatic rings. The molecule has 2 bridgehead atoms. The summed E-state index contributed by atoms with van der Waals surface area (Å²) >= 11 is 1.22. The molecule has 7 nitrogen and oxygen atoms in total. The molecule has 4 atom stereocenters. The van der Waals surface area contributed by atoms with E-state index in [-0.39, 0.29) is 11.0 Å². The molecule has 2 fully saturated rings. The predicted molar refractivity (Wildman–Crippen MR) is 121 cm³/mol. The summed E-state index contributed by atoms with van der Waals surface area (Å²) < 4.78 is 10.7. The topological polar surface area (TPSA) is 102 Å². The summed E-state index contributed by atoms with van der Waals surface area (Å²) in [6.45, 7) is 6.39. The van der Waals surface area contributed by atoms with Gasteiger partial charge in [-0.05, 0) is 29.4 Å². The number of carbonyl (C=O) groups is 3. The van der Waals surface area contributed by atoms with E-state index in [0.717, 1.165) is 5.56 Å². The van der Waals surface area contributed by atoms with E-state index >= 15 is 0 Å². The Morgan fingerprint density at radius 1 is 1.09 bits per heavy atom. The first kappa shape index (κ1) is 22.5. The lowest BCUT2D eigenvalue weighted by atomic mass is 9.78. The molecule has 0 unspecified atom stereocenters. The number of hydrogen-bond acceptors (Lipinski definition) is 6. The summed E-state index contributed by atoms with van der Waals surface area (Å²) in [4.78, 5) is 37.5. The zero-order valence-corrected chi connectivity index (χ0v) is 19.3. The first-order valence-electron chi connectivity index (χ1n) is 10.6. The number of hydrogen-bond donors (Lipinski definition) is 2. The first-order valence-corrected chi connectivity index (χ1v) is 11.5. The van der Waals surface area contributed by atoms with Gasteiger partial charge in [0.25, 0.3) is 0 Å². The van der Waals surface area contributed by atoms with Gasteiger partial charge in [0.1, 0.15) is 10.6 Å². The number of methoxy groups -OCH3 is 1. The van der Waals surface area contributed by atoms with Crippen LogP contribution in [0.2, 0.25) is 0 Å². The highest BCUT2D eigenvalue weighted by atomic mass is 32.1. The molecule has 2 N–H and O–H groups in total. The summed E-state index contributed by atoms with van der Waals surface area (Å²) in [7, 11) is 1.29. The van der Waals surface area contributed by atoms with E-state index < -0.39 is 41.9 Å². The fourth-order valence-corrected chi connectivity index (χ4v) is 5.60. The van der Waals surface area contributed by atoms with Crippen LogP contribution in [0, 0.1) is 11.8 Å². The molecular formula is C24H27NO6S. The summed E-state index contributed by atoms with van der Waals surface area (Å²) in [5.74, 6) is -3.69. The minimum atomic E-state index is -1.03. The van der Waals surface area contributed by atoms with E-state index in [4.69, 9.17) is 9.47 Å². The number of esters is 1. The van der Waals surface area contributed by atoms with Crippen molar-refractivity contribution in [3.63, 3.8) is 0 Å². The fraction of sp³-hybridized carbons (Fsp3) is 0.458. The van der Waals surface area contributed by atoms with Gasteiger partial charge in [0.15, 0.2) is 0 Å². The minimum Gasteiger partial charge on any atom is -0.481 e. The van der Waals surface area contributed by atoms with Crippen molar-refractivity contribution in [1.82, 2.24) is 0 Å². The fourth-order valence-electron chi connectivity index (χ4n) is 4.64. The van der Waals surface area contributed by atoms with Crippen LogP contribution in [-0.4, -0.2) is 42.3 Å². The SMILES string of the molecule is COC(=O)c1c(-c2ccc(C(C)(C)C)cc2)csc1NC(=O)[C@H]1[C@@H](C(=O)O)[C@H]2CC[C@H]1O2. The Bertz CT molecular complexity index is 1050. The van der Waals surface area contributed by atoms with Crippen LogP contribution >= 0.6 is 11.3 Å². The maximum absolute atomic E-state index is 13.1. The van der Waals surface area contributed by atoms with Gasteiger partial charge in [-0.3, -0.25) is 9.59 Å². The van der Waals surface area contributed by atoms with E-state index in [9.17, 15) is 19.5 Å². The van der Waals surface area contributed by atoms with Crippen LogP contribution in [0.3, 0.4) is 0 Å². The molecule has 2 saturated heterocycles. The van der Waals surface area contributed by atoms with Gasteiger partial charge >= 0.3 is 11.9 Å². The Labute approximate surface area is 190 Å². The van der Waals surface area contributed by atoms with Crippen molar-refractivity contribution in [3.05, 3.63) is 40.8 Å². The second-order valence-electron chi connectivity index (χ2n) is 9.34. The maximum atomic E-state index is 13.1. The number of anilines is 1. The molecule has 8 heteroatoms. The van der Waals surface area contributed by atoms with Crippen molar-refractivity contribution in [2.24, 2.45) is 11.8 Å². The van der Waals surface area contributed by atoms with E-state index in [1.54, 1.807) is 5.38 Å². The lowest BCUT2D eigenvalue weighted by molar-refractivity contribution is -0.147. The van der Waals surface area contributed by atoms with Gasteiger partial charge in [-0.2, -0.15) is 0 Å². The molecule has 1 aromatic carbocycles. The third-order valence-corrected chi connectivity index (χ3v) is 7.24. The van der Waals surface area contributed by atoms with Crippen molar-refractivity contribution in [2.75, 3.05) is 12.4 Å². The molecule has 4 rings (SSSR count).